The molecular formula is C20H26N2O3. The molecule has 5 nitrogen and oxygen atoms in total. The third kappa shape index (κ3) is 5.50. The zero-order valence-corrected chi connectivity index (χ0v) is 15.3. The minimum atomic E-state index is -0.0692. The Morgan fingerprint density at radius 3 is 2.40 bits per heavy atom. The lowest BCUT2D eigenvalue weighted by Gasteiger charge is -2.23. The molecule has 1 unspecified atom stereocenters. The maximum Gasteiger partial charge on any atom is 0.225 e. The van der Waals surface area contributed by atoms with Crippen LogP contribution in [0.15, 0.2) is 48.5 Å². The van der Waals surface area contributed by atoms with Crippen molar-refractivity contribution in [3.05, 3.63) is 59.7 Å². The van der Waals surface area contributed by atoms with Crippen LogP contribution in [-0.4, -0.2) is 45.7 Å². The lowest BCUT2D eigenvalue weighted by atomic mass is 10.1. The molecule has 0 saturated carbocycles. The molecular weight excluding hydrogens is 316 g/mol. The molecule has 1 N–H and O–H groups in total. The fourth-order valence-corrected chi connectivity index (χ4v) is 2.72. The summed E-state index contributed by atoms with van der Waals surface area (Å²) in [6.45, 7) is 0.727. The van der Waals surface area contributed by atoms with E-state index in [-0.39, 0.29) is 18.4 Å². The van der Waals surface area contributed by atoms with Gasteiger partial charge in [-0.2, -0.15) is 0 Å². The Bertz CT molecular complexity index is 687. The van der Waals surface area contributed by atoms with Crippen molar-refractivity contribution in [1.82, 2.24) is 10.2 Å². The Morgan fingerprint density at radius 1 is 1.08 bits per heavy atom. The molecule has 1 amide bonds. The smallest absolute Gasteiger partial charge is 0.225 e. The summed E-state index contributed by atoms with van der Waals surface area (Å²) in [5.41, 5.74) is 1.89. The zero-order valence-electron chi connectivity index (χ0n) is 15.3. The molecule has 1 atom stereocenters. The fraction of sp³-hybridized carbons (Fsp3) is 0.350. The number of carbonyl (C=O) groups is 1. The normalized spacial score (nSPS) is 11.9. The van der Waals surface area contributed by atoms with Crippen LogP contribution in [0.25, 0.3) is 0 Å². The van der Waals surface area contributed by atoms with Gasteiger partial charge in [-0.1, -0.05) is 30.3 Å². The first kappa shape index (κ1) is 18.8. The summed E-state index contributed by atoms with van der Waals surface area (Å²) in [5.74, 6) is 1.33. The van der Waals surface area contributed by atoms with Crippen molar-refractivity contribution < 1.29 is 14.3 Å². The van der Waals surface area contributed by atoms with Crippen LogP contribution in [0.2, 0.25) is 0 Å². The van der Waals surface area contributed by atoms with E-state index >= 15 is 0 Å². The summed E-state index contributed by atoms with van der Waals surface area (Å²) in [6, 6.07) is 15.4. The van der Waals surface area contributed by atoms with Crippen molar-refractivity contribution in [2.75, 3.05) is 34.9 Å². The molecule has 0 saturated heterocycles. The second-order valence-corrected chi connectivity index (χ2v) is 6.15. The molecule has 0 aliphatic heterocycles. The number of nitrogens with zero attached hydrogens (tertiary/aromatic N) is 1. The van der Waals surface area contributed by atoms with E-state index in [4.69, 9.17) is 9.47 Å². The van der Waals surface area contributed by atoms with Crippen molar-refractivity contribution in [3.8, 4) is 11.5 Å². The SMILES string of the molecule is COc1ccc(OC)c(CC(=O)NC(CN(C)C)c2ccccc2)c1. The molecule has 2 aromatic carbocycles. The zero-order chi connectivity index (χ0) is 18.2. The van der Waals surface area contributed by atoms with Crippen molar-refractivity contribution in [3.63, 3.8) is 0 Å². The molecule has 0 radical (unpaired) electrons. The van der Waals surface area contributed by atoms with Crippen molar-refractivity contribution in [2.24, 2.45) is 0 Å². The Kier molecular flexibility index (Phi) is 6.83. The van der Waals surface area contributed by atoms with Crippen LogP contribution in [0, 0.1) is 0 Å². The number of carbonyl (C=O) groups excluding carboxylic acids is 1. The Labute approximate surface area is 149 Å². The number of methoxy groups -OCH3 is 2. The average Bonchev–Trinajstić information content (AvgIpc) is 2.61. The highest BCUT2D eigenvalue weighted by Gasteiger charge is 2.17. The molecule has 0 bridgehead atoms. The third-order valence-electron chi connectivity index (χ3n) is 3.92. The van der Waals surface area contributed by atoms with E-state index in [1.807, 2.05) is 62.6 Å². The monoisotopic (exact) mass is 342 g/mol. The lowest BCUT2D eigenvalue weighted by Crippen LogP contribution is -2.36. The van der Waals surface area contributed by atoms with Gasteiger partial charge in [-0.05, 0) is 37.9 Å². The van der Waals surface area contributed by atoms with Crippen LogP contribution in [0.1, 0.15) is 17.2 Å². The molecule has 0 spiro atoms. The van der Waals surface area contributed by atoms with Gasteiger partial charge in [0.05, 0.1) is 26.7 Å². The predicted octanol–water partition coefficient (Wildman–Crippen LogP) is 2.67. The van der Waals surface area contributed by atoms with E-state index < -0.39 is 0 Å². The van der Waals surface area contributed by atoms with Gasteiger partial charge in [0.1, 0.15) is 11.5 Å². The van der Waals surface area contributed by atoms with Crippen LogP contribution in [0.5, 0.6) is 11.5 Å². The Balaban J connectivity index is 2.13. The molecule has 134 valence electrons. The first-order chi connectivity index (χ1) is 12.0. The molecule has 0 heterocycles. The van der Waals surface area contributed by atoms with Gasteiger partial charge in [0, 0.05) is 12.1 Å². The standard InChI is InChI=1S/C20H26N2O3/c1-22(2)14-18(15-8-6-5-7-9-15)21-20(23)13-16-12-17(24-3)10-11-19(16)25-4/h5-12,18H,13-14H2,1-4H3,(H,21,23). The van der Waals surface area contributed by atoms with Gasteiger partial charge < -0.3 is 19.7 Å². The second kappa shape index (κ2) is 9.08. The summed E-state index contributed by atoms with van der Waals surface area (Å²) in [5, 5.41) is 3.12. The minimum Gasteiger partial charge on any atom is -0.497 e. The number of benzene rings is 2. The number of amides is 1. The van der Waals surface area contributed by atoms with Gasteiger partial charge in [-0.15, -0.1) is 0 Å². The fourth-order valence-electron chi connectivity index (χ4n) is 2.72. The largest absolute Gasteiger partial charge is 0.497 e. The minimum absolute atomic E-state index is 0.0535. The first-order valence-electron chi connectivity index (χ1n) is 8.23. The average molecular weight is 342 g/mol. The number of hydrogen-bond donors (Lipinski definition) is 1. The van der Waals surface area contributed by atoms with Crippen LogP contribution in [0.3, 0.4) is 0 Å². The van der Waals surface area contributed by atoms with E-state index in [0.717, 1.165) is 17.7 Å². The molecule has 25 heavy (non-hydrogen) atoms. The summed E-state index contributed by atoms with van der Waals surface area (Å²) in [7, 11) is 7.19. The van der Waals surface area contributed by atoms with Crippen LogP contribution in [0.4, 0.5) is 0 Å². The van der Waals surface area contributed by atoms with Crippen molar-refractivity contribution in [2.45, 2.75) is 12.5 Å². The quantitative estimate of drug-likeness (QED) is 0.801. The van der Waals surface area contributed by atoms with Gasteiger partial charge in [0.25, 0.3) is 0 Å². The highest BCUT2D eigenvalue weighted by molar-refractivity contribution is 5.80. The van der Waals surface area contributed by atoms with Gasteiger partial charge in [0.15, 0.2) is 0 Å². The van der Waals surface area contributed by atoms with E-state index in [1.165, 1.54) is 0 Å². The van der Waals surface area contributed by atoms with E-state index in [0.29, 0.717) is 11.5 Å². The van der Waals surface area contributed by atoms with E-state index in [9.17, 15) is 4.79 Å². The van der Waals surface area contributed by atoms with Crippen LogP contribution in [-0.2, 0) is 11.2 Å². The molecule has 2 rings (SSSR count). The lowest BCUT2D eigenvalue weighted by molar-refractivity contribution is -0.121. The highest BCUT2D eigenvalue weighted by atomic mass is 16.5. The van der Waals surface area contributed by atoms with E-state index in [2.05, 4.69) is 10.2 Å². The van der Waals surface area contributed by atoms with E-state index in [1.54, 1.807) is 14.2 Å². The molecule has 0 aliphatic carbocycles. The van der Waals surface area contributed by atoms with Crippen LogP contribution < -0.4 is 14.8 Å². The van der Waals surface area contributed by atoms with Crippen LogP contribution >= 0.6 is 0 Å². The third-order valence-corrected chi connectivity index (χ3v) is 3.92. The van der Waals surface area contributed by atoms with Gasteiger partial charge in [-0.25, -0.2) is 0 Å². The molecule has 5 heteroatoms. The highest BCUT2D eigenvalue weighted by Crippen LogP contribution is 2.24. The number of ether oxygens (including phenoxy) is 2. The first-order valence-corrected chi connectivity index (χ1v) is 8.23. The summed E-state index contributed by atoms with van der Waals surface area (Å²) < 4.78 is 10.6. The molecule has 0 aromatic heterocycles. The Hall–Kier alpha value is -2.53. The summed E-state index contributed by atoms with van der Waals surface area (Å²) in [6.07, 6.45) is 0.233. The number of nitrogens with one attached hydrogen (secondary N) is 1. The number of likely N-dealkylation sites (N-methyl/N-ethyl adjacent to an activating group) is 1. The molecule has 2 aromatic rings. The second-order valence-electron chi connectivity index (χ2n) is 6.15. The number of hydrogen-bond acceptors (Lipinski definition) is 4. The molecule has 0 aliphatic rings. The molecule has 0 fully saturated rings. The van der Waals surface area contributed by atoms with Gasteiger partial charge in [-0.3, -0.25) is 4.79 Å². The van der Waals surface area contributed by atoms with Crippen molar-refractivity contribution >= 4 is 5.91 Å². The van der Waals surface area contributed by atoms with Gasteiger partial charge >= 0.3 is 0 Å². The maximum atomic E-state index is 12.6. The van der Waals surface area contributed by atoms with Gasteiger partial charge in [0.2, 0.25) is 5.91 Å². The van der Waals surface area contributed by atoms with Crippen molar-refractivity contribution in [1.29, 1.82) is 0 Å². The Morgan fingerprint density at radius 2 is 1.80 bits per heavy atom. The number of rotatable bonds is 8. The maximum absolute atomic E-state index is 12.6. The predicted molar refractivity (Wildman–Crippen MR) is 99.1 cm³/mol. The summed E-state index contributed by atoms with van der Waals surface area (Å²) >= 11 is 0. The summed E-state index contributed by atoms with van der Waals surface area (Å²) in [4.78, 5) is 14.7. The topological polar surface area (TPSA) is 50.8 Å².